The summed E-state index contributed by atoms with van der Waals surface area (Å²) in [6, 6.07) is 5.51. The molecule has 0 saturated heterocycles. The molecule has 0 spiro atoms. The minimum absolute atomic E-state index is 0.0847. The zero-order valence-electron chi connectivity index (χ0n) is 9.51. The van der Waals surface area contributed by atoms with Gasteiger partial charge in [0.25, 0.3) is 0 Å². The Morgan fingerprint density at radius 1 is 1.11 bits per heavy atom. The number of pyridine rings is 1. The summed E-state index contributed by atoms with van der Waals surface area (Å²) in [7, 11) is 0. The van der Waals surface area contributed by atoms with Crippen molar-refractivity contribution in [2.75, 3.05) is 0 Å². The molecule has 19 heavy (non-hydrogen) atoms. The lowest BCUT2D eigenvalue weighted by atomic mass is 10.1. The van der Waals surface area contributed by atoms with E-state index in [0.29, 0.717) is 16.8 Å². The third kappa shape index (κ3) is 3.67. The van der Waals surface area contributed by atoms with Gasteiger partial charge < -0.3 is 0 Å². The Morgan fingerprint density at radius 2 is 1.84 bits per heavy atom. The Bertz CT molecular complexity index is 595. The van der Waals surface area contributed by atoms with Gasteiger partial charge in [-0.15, -0.1) is 0 Å². The number of nitrogens with zero attached hydrogens (tertiary/aromatic N) is 1. The maximum Gasteiger partial charge on any atom is 0.416 e. The van der Waals surface area contributed by atoms with Gasteiger partial charge in [-0.25, -0.2) is 4.39 Å². The van der Waals surface area contributed by atoms with Crippen molar-refractivity contribution >= 4 is 11.6 Å². The summed E-state index contributed by atoms with van der Waals surface area (Å²) in [4.78, 5) is 3.97. The van der Waals surface area contributed by atoms with Crippen molar-refractivity contribution in [2.45, 2.75) is 12.6 Å². The molecule has 0 unspecified atom stereocenters. The second kappa shape index (κ2) is 5.17. The molecule has 1 nitrogen and oxygen atoms in total. The molecule has 2 aromatic rings. The highest BCUT2D eigenvalue weighted by molar-refractivity contribution is 6.30. The van der Waals surface area contributed by atoms with Crippen LogP contribution < -0.4 is 0 Å². The summed E-state index contributed by atoms with van der Waals surface area (Å²) in [5.74, 6) is -0.924. The van der Waals surface area contributed by atoms with Crippen LogP contribution in [0.1, 0.15) is 16.8 Å². The van der Waals surface area contributed by atoms with Gasteiger partial charge in [-0.1, -0.05) is 11.6 Å². The zero-order valence-corrected chi connectivity index (χ0v) is 10.3. The number of hydrogen-bond donors (Lipinski definition) is 0. The minimum atomic E-state index is -4.57. The van der Waals surface area contributed by atoms with Gasteiger partial charge in [0.05, 0.1) is 5.56 Å². The van der Waals surface area contributed by atoms with E-state index >= 15 is 0 Å². The molecular weight excluding hydrogens is 282 g/mol. The van der Waals surface area contributed by atoms with Crippen LogP contribution in [0.2, 0.25) is 5.02 Å². The van der Waals surface area contributed by atoms with Crippen LogP contribution >= 0.6 is 11.6 Å². The first-order valence-corrected chi connectivity index (χ1v) is 5.69. The van der Waals surface area contributed by atoms with Gasteiger partial charge >= 0.3 is 6.18 Å². The first kappa shape index (κ1) is 13.8. The lowest BCUT2D eigenvalue weighted by Gasteiger charge is -2.09. The summed E-state index contributed by atoms with van der Waals surface area (Å²) in [6.45, 7) is 0. The van der Waals surface area contributed by atoms with Crippen molar-refractivity contribution in [3.05, 3.63) is 64.2 Å². The molecule has 0 atom stereocenters. The monoisotopic (exact) mass is 289 g/mol. The Hall–Kier alpha value is -1.62. The second-order valence-corrected chi connectivity index (χ2v) is 4.42. The third-order valence-electron chi connectivity index (χ3n) is 2.45. The first-order valence-electron chi connectivity index (χ1n) is 5.32. The summed E-state index contributed by atoms with van der Waals surface area (Å²) >= 11 is 5.75. The highest BCUT2D eigenvalue weighted by Crippen LogP contribution is 2.30. The van der Waals surface area contributed by atoms with E-state index in [0.717, 1.165) is 12.1 Å². The van der Waals surface area contributed by atoms with Gasteiger partial charge in [-0.3, -0.25) is 4.98 Å². The Morgan fingerprint density at radius 3 is 2.47 bits per heavy atom. The number of benzene rings is 1. The largest absolute Gasteiger partial charge is 0.416 e. The van der Waals surface area contributed by atoms with E-state index in [1.165, 1.54) is 12.3 Å². The molecule has 0 aliphatic heterocycles. The van der Waals surface area contributed by atoms with Crippen LogP contribution in [-0.4, -0.2) is 4.98 Å². The SMILES string of the molecule is Fc1cc(Cc2cc(Cl)ccn2)cc(C(F)(F)F)c1. The molecule has 0 amide bonds. The highest BCUT2D eigenvalue weighted by Gasteiger charge is 2.31. The van der Waals surface area contributed by atoms with Crippen molar-refractivity contribution in [1.29, 1.82) is 0 Å². The molecule has 0 fully saturated rings. The molecule has 100 valence electrons. The fraction of sp³-hybridized carbons (Fsp3) is 0.154. The van der Waals surface area contributed by atoms with E-state index in [1.807, 2.05) is 0 Å². The van der Waals surface area contributed by atoms with Crippen LogP contribution in [0.5, 0.6) is 0 Å². The molecule has 0 aliphatic carbocycles. The van der Waals surface area contributed by atoms with E-state index in [2.05, 4.69) is 4.98 Å². The molecule has 2 rings (SSSR count). The summed E-state index contributed by atoms with van der Waals surface area (Å²) in [5, 5.41) is 0.428. The second-order valence-electron chi connectivity index (χ2n) is 3.99. The number of halogens is 5. The van der Waals surface area contributed by atoms with Crippen molar-refractivity contribution in [3.63, 3.8) is 0 Å². The molecule has 0 saturated carbocycles. The van der Waals surface area contributed by atoms with Gasteiger partial charge in [0.2, 0.25) is 0 Å². The van der Waals surface area contributed by atoms with Crippen LogP contribution in [0.15, 0.2) is 36.5 Å². The number of alkyl halides is 3. The minimum Gasteiger partial charge on any atom is -0.261 e. The fourth-order valence-electron chi connectivity index (χ4n) is 1.67. The van der Waals surface area contributed by atoms with Gasteiger partial charge in [-0.2, -0.15) is 13.2 Å². The molecular formula is C13H8ClF4N. The molecule has 0 N–H and O–H groups in total. The van der Waals surface area contributed by atoms with Crippen LogP contribution in [0.3, 0.4) is 0 Å². The van der Waals surface area contributed by atoms with Gasteiger partial charge in [0.1, 0.15) is 5.82 Å². The number of hydrogen-bond acceptors (Lipinski definition) is 1. The smallest absolute Gasteiger partial charge is 0.261 e. The van der Waals surface area contributed by atoms with E-state index in [4.69, 9.17) is 11.6 Å². The lowest BCUT2D eigenvalue weighted by molar-refractivity contribution is -0.137. The molecule has 0 radical (unpaired) electrons. The van der Waals surface area contributed by atoms with Gasteiger partial charge in [-0.05, 0) is 35.9 Å². The Labute approximate surface area is 111 Å². The molecule has 1 heterocycles. The molecule has 0 bridgehead atoms. The van der Waals surface area contributed by atoms with Crippen molar-refractivity contribution < 1.29 is 17.6 Å². The normalized spacial score (nSPS) is 11.6. The Kier molecular flexibility index (Phi) is 3.75. The molecule has 1 aromatic carbocycles. The van der Waals surface area contributed by atoms with Gasteiger partial charge in [0, 0.05) is 23.3 Å². The topological polar surface area (TPSA) is 12.9 Å². The van der Waals surface area contributed by atoms with Crippen LogP contribution in [-0.2, 0) is 12.6 Å². The predicted molar refractivity (Wildman–Crippen MR) is 63.5 cm³/mol. The van der Waals surface area contributed by atoms with Crippen LogP contribution in [0.25, 0.3) is 0 Å². The van der Waals surface area contributed by atoms with Crippen molar-refractivity contribution in [2.24, 2.45) is 0 Å². The van der Waals surface area contributed by atoms with E-state index in [9.17, 15) is 17.6 Å². The summed E-state index contributed by atoms with van der Waals surface area (Å²) < 4.78 is 50.8. The van der Waals surface area contributed by atoms with E-state index < -0.39 is 17.6 Å². The van der Waals surface area contributed by atoms with Crippen molar-refractivity contribution in [1.82, 2.24) is 4.98 Å². The van der Waals surface area contributed by atoms with E-state index in [1.54, 1.807) is 6.07 Å². The lowest BCUT2D eigenvalue weighted by Crippen LogP contribution is -2.06. The number of rotatable bonds is 2. The average molecular weight is 290 g/mol. The molecule has 6 heteroatoms. The van der Waals surface area contributed by atoms with Crippen molar-refractivity contribution in [3.8, 4) is 0 Å². The van der Waals surface area contributed by atoms with Crippen LogP contribution in [0, 0.1) is 5.82 Å². The summed E-state index contributed by atoms with van der Waals surface area (Å²) in [6.07, 6.45) is -3.04. The summed E-state index contributed by atoms with van der Waals surface area (Å²) in [5.41, 5.74) is -0.335. The predicted octanol–water partition coefficient (Wildman–Crippen LogP) is 4.48. The molecule has 0 aliphatic rings. The zero-order chi connectivity index (χ0) is 14.0. The highest BCUT2D eigenvalue weighted by atomic mass is 35.5. The van der Waals surface area contributed by atoms with E-state index in [-0.39, 0.29) is 12.0 Å². The maximum absolute atomic E-state index is 13.2. The molecule has 1 aromatic heterocycles. The third-order valence-corrected chi connectivity index (χ3v) is 2.68. The first-order chi connectivity index (χ1) is 8.84. The maximum atomic E-state index is 13.2. The van der Waals surface area contributed by atoms with Gasteiger partial charge in [0.15, 0.2) is 0 Å². The Balaban J connectivity index is 2.33. The number of aromatic nitrogens is 1. The van der Waals surface area contributed by atoms with Crippen LogP contribution in [0.4, 0.5) is 17.6 Å². The standard InChI is InChI=1S/C13H8ClF4N/c14-10-1-2-19-12(7-10)5-8-3-9(13(16,17)18)6-11(15)4-8/h1-4,6-7H,5H2. The fourth-order valence-corrected chi connectivity index (χ4v) is 1.85. The average Bonchev–Trinajstić information content (AvgIpc) is 2.26. The quantitative estimate of drug-likeness (QED) is 0.743.